The molecule has 0 unspecified atom stereocenters. The first kappa shape index (κ1) is 16.7. The monoisotopic (exact) mass is 310 g/mol. The number of rotatable bonds is 7. The summed E-state index contributed by atoms with van der Waals surface area (Å²) in [5.74, 6) is -0.0924. The van der Waals surface area contributed by atoms with Crippen molar-refractivity contribution in [3.8, 4) is 5.75 Å². The number of carbonyl (C=O) groups is 1. The topological polar surface area (TPSA) is 73.6 Å². The fraction of sp³-hybridized carbons (Fsp3) is 0.562. The Kier molecular flexibility index (Phi) is 6.61. The lowest BCUT2D eigenvalue weighted by Gasteiger charge is -2.22. The average molecular weight is 310 g/mol. The molecule has 5 nitrogen and oxygen atoms in total. The maximum absolute atomic E-state index is 13.4. The van der Waals surface area contributed by atoms with Crippen LogP contribution in [0.3, 0.4) is 0 Å². The van der Waals surface area contributed by atoms with Crippen molar-refractivity contribution in [2.75, 3.05) is 32.9 Å². The van der Waals surface area contributed by atoms with Gasteiger partial charge in [0.25, 0.3) is 5.91 Å². The van der Waals surface area contributed by atoms with Crippen LogP contribution in [0.4, 0.5) is 4.39 Å². The minimum Gasteiger partial charge on any atom is -0.493 e. The summed E-state index contributed by atoms with van der Waals surface area (Å²) in [6.07, 6.45) is 2.72. The number of halogens is 1. The number of ether oxygens (including phenoxy) is 2. The third kappa shape index (κ3) is 4.96. The molecule has 2 rings (SSSR count). The zero-order valence-corrected chi connectivity index (χ0v) is 12.6. The molecule has 1 aromatic carbocycles. The van der Waals surface area contributed by atoms with E-state index >= 15 is 0 Å². The molecule has 0 aromatic heterocycles. The van der Waals surface area contributed by atoms with E-state index in [1.807, 2.05) is 0 Å². The molecule has 122 valence electrons. The summed E-state index contributed by atoms with van der Waals surface area (Å²) in [6.45, 7) is 2.87. The van der Waals surface area contributed by atoms with Crippen LogP contribution in [0.1, 0.15) is 29.6 Å². The Morgan fingerprint density at radius 3 is 3.09 bits per heavy atom. The van der Waals surface area contributed by atoms with E-state index in [2.05, 4.69) is 5.32 Å². The van der Waals surface area contributed by atoms with E-state index in [0.717, 1.165) is 19.4 Å². The number of benzene rings is 1. The molecule has 1 aromatic rings. The van der Waals surface area contributed by atoms with E-state index in [4.69, 9.17) is 15.2 Å². The van der Waals surface area contributed by atoms with Gasteiger partial charge in [-0.1, -0.05) is 0 Å². The van der Waals surface area contributed by atoms with Gasteiger partial charge in [0.05, 0.1) is 18.8 Å². The number of nitrogens with one attached hydrogen (secondary N) is 1. The second-order valence-corrected chi connectivity index (χ2v) is 5.42. The SMILES string of the molecule is NCCCOc1ccc(F)cc1C(=O)NC[C@H]1CCCOC1. The van der Waals surface area contributed by atoms with E-state index in [9.17, 15) is 9.18 Å². The van der Waals surface area contributed by atoms with Gasteiger partial charge in [-0.15, -0.1) is 0 Å². The predicted molar refractivity (Wildman–Crippen MR) is 81.4 cm³/mol. The molecule has 0 bridgehead atoms. The molecule has 1 fully saturated rings. The molecule has 6 heteroatoms. The molecule has 0 spiro atoms. The van der Waals surface area contributed by atoms with Crippen LogP contribution >= 0.6 is 0 Å². The second-order valence-electron chi connectivity index (χ2n) is 5.42. The molecule has 0 radical (unpaired) electrons. The first-order valence-corrected chi connectivity index (χ1v) is 7.69. The zero-order valence-electron chi connectivity index (χ0n) is 12.6. The highest BCUT2D eigenvalue weighted by Crippen LogP contribution is 2.20. The van der Waals surface area contributed by atoms with Crippen molar-refractivity contribution in [2.45, 2.75) is 19.3 Å². The van der Waals surface area contributed by atoms with Gasteiger partial charge in [-0.25, -0.2) is 4.39 Å². The highest BCUT2D eigenvalue weighted by atomic mass is 19.1. The fourth-order valence-corrected chi connectivity index (χ4v) is 2.37. The Morgan fingerprint density at radius 2 is 2.36 bits per heavy atom. The molecule has 0 aliphatic carbocycles. The van der Waals surface area contributed by atoms with E-state index in [1.165, 1.54) is 18.2 Å². The van der Waals surface area contributed by atoms with Crippen molar-refractivity contribution in [1.82, 2.24) is 5.32 Å². The van der Waals surface area contributed by atoms with Crippen LogP contribution in [0.5, 0.6) is 5.75 Å². The third-order valence-electron chi connectivity index (χ3n) is 3.60. The Hall–Kier alpha value is -1.66. The van der Waals surface area contributed by atoms with Gasteiger partial charge in [-0.2, -0.15) is 0 Å². The van der Waals surface area contributed by atoms with Gasteiger partial charge in [-0.05, 0) is 49.9 Å². The van der Waals surface area contributed by atoms with Crippen molar-refractivity contribution in [3.05, 3.63) is 29.6 Å². The molecular formula is C16H23FN2O3. The number of carbonyl (C=O) groups excluding carboxylic acids is 1. The van der Waals surface area contributed by atoms with Crippen molar-refractivity contribution < 1.29 is 18.7 Å². The van der Waals surface area contributed by atoms with Crippen LogP contribution < -0.4 is 15.8 Å². The van der Waals surface area contributed by atoms with Crippen LogP contribution in [0.25, 0.3) is 0 Å². The molecule has 1 atom stereocenters. The normalized spacial score (nSPS) is 18.0. The molecule has 3 N–H and O–H groups in total. The largest absolute Gasteiger partial charge is 0.493 e. The van der Waals surface area contributed by atoms with Gasteiger partial charge < -0.3 is 20.5 Å². The summed E-state index contributed by atoms with van der Waals surface area (Å²) in [6, 6.07) is 3.96. The standard InChI is InChI=1S/C16H23FN2O3/c17-13-4-5-15(22-8-2-6-18)14(9-13)16(20)19-10-12-3-1-7-21-11-12/h4-5,9,12H,1-3,6-8,10-11,18H2,(H,19,20)/t12-/m1/s1. The Labute approximate surface area is 130 Å². The number of nitrogens with two attached hydrogens (primary N) is 1. The van der Waals surface area contributed by atoms with Crippen LogP contribution in [0, 0.1) is 11.7 Å². The summed E-state index contributed by atoms with van der Waals surface area (Å²) >= 11 is 0. The van der Waals surface area contributed by atoms with Crippen LogP contribution in [0.2, 0.25) is 0 Å². The van der Waals surface area contributed by atoms with Crippen molar-refractivity contribution in [1.29, 1.82) is 0 Å². The van der Waals surface area contributed by atoms with E-state index in [0.29, 0.717) is 44.4 Å². The Balaban J connectivity index is 1.95. The highest BCUT2D eigenvalue weighted by molar-refractivity contribution is 5.96. The summed E-state index contributed by atoms with van der Waals surface area (Å²) in [5, 5.41) is 2.84. The zero-order chi connectivity index (χ0) is 15.8. The van der Waals surface area contributed by atoms with E-state index in [1.54, 1.807) is 0 Å². The first-order chi connectivity index (χ1) is 10.7. The number of hydrogen-bond donors (Lipinski definition) is 2. The lowest BCUT2D eigenvalue weighted by atomic mass is 10.0. The Bertz CT molecular complexity index is 490. The smallest absolute Gasteiger partial charge is 0.255 e. The molecule has 1 amide bonds. The molecule has 22 heavy (non-hydrogen) atoms. The lowest BCUT2D eigenvalue weighted by Crippen LogP contribution is -2.33. The summed E-state index contributed by atoms with van der Waals surface area (Å²) in [4.78, 5) is 12.3. The quantitative estimate of drug-likeness (QED) is 0.752. The summed E-state index contributed by atoms with van der Waals surface area (Å²) in [7, 11) is 0. The van der Waals surface area contributed by atoms with E-state index < -0.39 is 5.82 Å². The Morgan fingerprint density at radius 1 is 1.50 bits per heavy atom. The summed E-state index contributed by atoms with van der Waals surface area (Å²) in [5.41, 5.74) is 5.63. The van der Waals surface area contributed by atoms with Gasteiger partial charge in [0.1, 0.15) is 11.6 Å². The maximum atomic E-state index is 13.4. The summed E-state index contributed by atoms with van der Waals surface area (Å²) < 4.78 is 24.3. The average Bonchev–Trinajstić information content (AvgIpc) is 2.55. The molecule has 0 saturated carbocycles. The molecule has 1 heterocycles. The molecule has 1 saturated heterocycles. The number of amides is 1. The van der Waals surface area contributed by atoms with Crippen LogP contribution in [-0.2, 0) is 4.74 Å². The fourth-order valence-electron chi connectivity index (χ4n) is 2.37. The molecular weight excluding hydrogens is 287 g/mol. The highest BCUT2D eigenvalue weighted by Gasteiger charge is 2.18. The molecule has 1 aliphatic rings. The predicted octanol–water partition coefficient (Wildman–Crippen LogP) is 1.71. The minimum absolute atomic E-state index is 0.216. The van der Waals surface area contributed by atoms with Crippen molar-refractivity contribution in [2.24, 2.45) is 11.7 Å². The maximum Gasteiger partial charge on any atom is 0.255 e. The van der Waals surface area contributed by atoms with E-state index in [-0.39, 0.29) is 11.5 Å². The minimum atomic E-state index is -0.461. The first-order valence-electron chi connectivity index (χ1n) is 7.69. The van der Waals surface area contributed by atoms with Crippen molar-refractivity contribution >= 4 is 5.91 Å². The van der Waals surface area contributed by atoms with Gasteiger partial charge in [0, 0.05) is 13.2 Å². The second kappa shape index (κ2) is 8.70. The molecule has 1 aliphatic heterocycles. The van der Waals surface area contributed by atoms with Gasteiger partial charge in [0.15, 0.2) is 0 Å². The van der Waals surface area contributed by atoms with Crippen LogP contribution in [0.15, 0.2) is 18.2 Å². The number of hydrogen-bond acceptors (Lipinski definition) is 4. The van der Waals surface area contributed by atoms with Crippen molar-refractivity contribution in [3.63, 3.8) is 0 Å². The van der Waals surface area contributed by atoms with Crippen LogP contribution in [-0.4, -0.2) is 38.8 Å². The third-order valence-corrected chi connectivity index (χ3v) is 3.60. The van der Waals surface area contributed by atoms with Gasteiger partial charge in [0.2, 0.25) is 0 Å². The van der Waals surface area contributed by atoms with Gasteiger partial charge >= 0.3 is 0 Å². The lowest BCUT2D eigenvalue weighted by molar-refractivity contribution is 0.0536. The van der Waals surface area contributed by atoms with Gasteiger partial charge in [-0.3, -0.25) is 4.79 Å².